The number of likely N-dealkylation sites (tertiary alicyclic amines) is 2. The van der Waals surface area contributed by atoms with Crippen LogP contribution in [-0.4, -0.2) is 53.7 Å². The van der Waals surface area contributed by atoms with Crippen LogP contribution in [0.15, 0.2) is 17.5 Å². The first-order valence-corrected chi connectivity index (χ1v) is 9.28. The monoisotopic (exact) mass is 354 g/mol. The maximum atomic E-state index is 13.1. The minimum absolute atomic E-state index is 0.0236. The molecule has 0 unspecified atom stereocenters. The summed E-state index contributed by atoms with van der Waals surface area (Å²) in [5, 5.41) is 1.88. The molecule has 1 spiro atoms. The topological polar surface area (TPSA) is 40.6 Å². The highest BCUT2D eigenvalue weighted by Crippen LogP contribution is 2.51. The third-order valence-electron chi connectivity index (χ3n) is 5.77. The number of halogens is 2. The Hall–Kier alpha value is -1.50. The van der Waals surface area contributed by atoms with Gasteiger partial charge in [-0.3, -0.25) is 9.59 Å². The highest BCUT2D eigenvalue weighted by Gasteiger charge is 2.55. The van der Waals surface area contributed by atoms with Crippen molar-refractivity contribution in [3.63, 3.8) is 0 Å². The molecule has 3 aliphatic rings. The Kier molecular flexibility index (Phi) is 3.67. The summed E-state index contributed by atoms with van der Waals surface area (Å²) in [5.41, 5.74) is -0.213. The highest BCUT2D eigenvalue weighted by molar-refractivity contribution is 7.12. The summed E-state index contributed by atoms with van der Waals surface area (Å²) in [6.45, 7) is 0.327. The van der Waals surface area contributed by atoms with Crippen LogP contribution in [0.5, 0.6) is 0 Å². The van der Waals surface area contributed by atoms with Crippen molar-refractivity contribution in [2.45, 2.75) is 31.6 Å². The molecule has 3 fully saturated rings. The molecule has 1 aliphatic carbocycles. The molecular formula is C17H20F2N2O2S. The van der Waals surface area contributed by atoms with Gasteiger partial charge in [0, 0.05) is 24.4 Å². The summed E-state index contributed by atoms with van der Waals surface area (Å²) < 4.78 is 26.2. The lowest BCUT2D eigenvalue weighted by Gasteiger charge is -2.42. The lowest BCUT2D eigenvalue weighted by Crippen LogP contribution is -2.60. The normalized spacial score (nSPS) is 31.5. The van der Waals surface area contributed by atoms with E-state index in [9.17, 15) is 18.4 Å². The molecule has 4 rings (SSSR count). The summed E-state index contributed by atoms with van der Waals surface area (Å²) in [5.74, 6) is -3.05. The van der Waals surface area contributed by atoms with Crippen molar-refractivity contribution in [1.82, 2.24) is 9.80 Å². The lowest BCUT2D eigenvalue weighted by atomic mass is 9.76. The van der Waals surface area contributed by atoms with Gasteiger partial charge >= 0.3 is 0 Å². The highest BCUT2D eigenvalue weighted by atomic mass is 32.1. The van der Waals surface area contributed by atoms with Crippen LogP contribution in [0.3, 0.4) is 0 Å². The Morgan fingerprint density at radius 3 is 2.62 bits per heavy atom. The molecule has 1 saturated carbocycles. The van der Waals surface area contributed by atoms with Gasteiger partial charge in [-0.1, -0.05) is 12.5 Å². The first kappa shape index (κ1) is 16.0. The third-order valence-corrected chi connectivity index (χ3v) is 6.62. The zero-order chi connectivity index (χ0) is 16.9. The molecule has 0 radical (unpaired) electrons. The number of amides is 2. The molecule has 2 amide bonds. The summed E-state index contributed by atoms with van der Waals surface area (Å²) in [6, 6.07) is 3.67. The molecule has 24 heavy (non-hydrogen) atoms. The molecule has 2 aliphatic heterocycles. The van der Waals surface area contributed by atoms with Gasteiger partial charge in [-0.05, 0) is 30.7 Å². The fourth-order valence-electron chi connectivity index (χ4n) is 4.53. The molecule has 0 N–H and O–H groups in total. The van der Waals surface area contributed by atoms with Crippen LogP contribution in [0, 0.1) is 11.3 Å². The predicted molar refractivity (Wildman–Crippen MR) is 86.1 cm³/mol. The minimum Gasteiger partial charge on any atom is -0.337 e. The number of thiophene rings is 1. The summed E-state index contributed by atoms with van der Waals surface area (Å²) in [6.07, 6.45) is 3.39. The number of hydrogen-bond donors (Lipinski definition) is 0. The largest absolute Gasteiger partial charge is 0.337 e. The van der Waals surface area contributed by atoms with Crippen LogP contribution in [0.25, 0.3) is 0 Å². The van der Waals surface area contributed by atoms with Crippen LogP contribution in [0.1, 0.15) is 35.4 Å². The van der Waals surface area contributed by atoms with Crippen LogP contribution in [0.2, 0.25) is 0 Å². The van der Waals surface area contributed by atoms with E-state index in [0.717, 1.165) is 30.6 Å². The smallest absolute Gasteiger partial charge is 0.282 e. The molecule has 2 atom stereocenters. The first-order chi connectivity index (χ1) is 11.4. The van der Waals surface area contributed by atoms with Crippen LogP contribution < -0.4 is 0 Å². The van der Waals surface area contributed by atoms with Gasteiger partial charge in [0.15, 0.2) is 0 Å². The van der Waals surface area contributed by atoms with E-state index in [0.29, 0.717) is 13.1 Å². The summed E-state index contributed by atoms with van der Waals surface area (Å²) in [4.78, 5) is 29.1. The maximum absolute atomic E-state index is 13.1. The van der Waals surface area contributed by atoms with Gasteiger partial charge in [0.1, 0.15) is 0 Å². The van der Waals surface area contributed by atoms with Gasteiger partial charge in [0.05, 0.1) is 18.0 Å². The minimum atomic E-state index is -2.72. The average molecular weight is 354 g/mol. The van der Waals surface area contributed by atoms with E-state index in [2.05, 4.69) is 0 Å². The van der Waals surface area contributed by atoms with Gasteiger partial charge < -0.3 is 9.80 Å². The second-order valence-electron chi connectivity index (χ2n) is 7.31. The van der Waals surface area contributed by atoms with Gasteiger partial charge in [-0.25, -0.2) is 8.78 Å². The van der Waals surface area contributed by atoms with E-state index in [4.69, 9.17) is 0 Å². The second kappa shape index (κ2) is 5.51. The lowest BCUT2D eigenvalue weighted by molar-refractivity contribution is -0.172. The molecule has 4 nitrogen and oxygen atoms in total. The van der Waals surface area contributed by atoms with Gasteiger partial charge in [-0.15, -0.1) is 11.3 Å². The van der Waals surface area contributed by atoms with Crippen molar-refractivity contribution >= 4 is 23.2 Å². The molecular weight excluding hydrogens is 334 g/mol. The van der Waals surface area contributed by atoms with Crippen molar-refractivity contribution in [3.05, 3.63) is 22.4 Å². The van der Waals surface area contributed by atoms with Crippen LogP contribution in [0.4, 0.5) is 8.78 Å². The van der Waals surface area contributed by atoms with E-state index in [1.54, 1.807) is 0 Å². The number of nitrogens with zero attached hydrogens (tertiary/aromatic N) is 2. The third kappa shape index (κ3) is 2.53. The van der Waals surface area contributed by atoms with E-state index in [-0.39, 0.29) is 23.1 Å². The number of carbonyl (C=O) groups excluding carboxylic acids is 2. The number of rotatable bonds is 2. The zero-order valence-electron chi connectivity index (χ0n) is 13.3. The summed E-state index contributed by atoms with van der Waals surface area (Å²) >= 11 is 1.42. The van der Waals surface area contributed by atoms with Gasteiger partial charge in [0.25, 0.3) is 11.8 Å². The van der Waals surface area contributed by atoms with Crippen molar-refractivity contribution < 1.29 is 18.4 Å². The zero-order valence-corrected chi connectivity index (χ0v) is 14.2. The number of hydrogen-bond acceptors (Lipinski definition) is 3. The fourth-order valence-corrected chi connectivity index (χ4v) is 5.22. The number of carbonyl (C=O) groups is 2. The SMILES string of the molecule is O=C(c1cccs1)N1CC[C@@]2(CCC[C@H]2C(=O)N2CC(F)(F)C2)C1. The standard InChI is InChI=1S/C17H20F2N2O2S/c18-17(19)10-21(11-17)14(22)12-3-1-5-16(12)6-7-20(9-16)15(23)13-4-2-8-24-13/h2,4,8,12H,1,3,5-7,9-11H2/t12-,16-/m0/s1. The van der Waals surface area contributed by atoms with Crippen LogP contribution >= 0.6 is 11.3 Å². The van der Waals surface area contributed by atoms with E-state index in [1.807, 2.05) is 22.4 Å². The Morgan fingerprint density at radius 1 is 1.17 bits per heavy atom. The van der Waals surface area contributed by atoms with Crippen LogP contribution in [-0.2, 0) is 4.79 Å². The Morgan fingerprint density at radius 2 is 1.96 bits per heavy atom. The quantitative estimate of drug-likeness (QED) is 0.819. The molecule has 2 saturated heterocycles. The van der Waals surface area contributed by atoms with E-state index >= 15 is 0 Å². The average Bonchev–Trinajstić information content (AvgIpc) is 3.25. The van der Waals surface area contributed by atoms with Crippen molar-refractivity contribution in [3.8, 4) is 0 Å². The molecule has 1 aromatic rings. The van der Waals surface area contributed by atoms with Crippen molar-refractivity contribution in [2.75, 3.05) is 26.2 Å². The molecule has 7 heteroatoms. The van der Waals surface area contributed by atoms with E-state index < -0.39 is 19.0 Å². The molecule has 1 aromatic heterocycles. The number of alkyl halides is 2. The second-order valence-corrected chi connectivity index (χ2v) is 8.26. The predicted octanol–water partition coefficient (Wildman–Crippen LogP) is 2.86. The van der Waals surface area contributed by atoms with Gasteiger partial charge in [0.2, 0.25) is 5.91 Å². The van der Waals surface area contributed by atoms with Crippen molar-refractivity contribution in [1.29, 1.82) is 0 Å². The summed E-state index contributed by atoms with van der Waals surface area (Å²) in [7, 11) is 0. The first-order valence-electron chi connectivity index (χ1n) is 8.40. The van der Waals surface area contributed by atoms with Gasteiger partial charge in [-0.2, -0.15) is 0 Å². The van der Waals surface area contributed by atoms with E-state index in [1.165, 1.54) is 16.2 Å². The fraction of sp³-hybridized carbons (Fsp3) is 0.647. The Bertz CT molecular complexity index is 656. The molecule has 0 bridgehead atoms. The maximum Gasteiger partial charge on any atom is 0.282 e. The molecule has 130 valence electrons. The molecule has 0 aromatic carbocycles. The Labute approximate surface area is 143 Å². The Balaban J connectivity index is 1.47. The molecule has 3 heterocycles. The van der Waals surface area contributed by atoms with Crippen molar-refractivity contribution in [2.24, 2.45) is 11.3 Å².